The van der Waals surface area contributed by atoms with Crippen LogP contribution in [0.2, 0.25) is 0 Å². The number of nitrogens with one attached hydrogen (secondary N) is 1. The SMILES string of the molecule is CC1=C(c2cccc(O)c2)C(c2ccc(OC[C@H](C)N(C)C3CCNCC3)cc2)Oc2ccc(O)cc21. The molecule has 1 saturated heterocycles. The third kappa shape index (κ3) is 5.45. The number of nitrogens with zero attached hydrogens (tertiary/aromatic N) is 1. The van der Waals surface area contributed by atoms with Crippen molar-refractivity contribution in [2.75, 3.05) is 26.7 Å². The van der Waals surface area contributed by atoms with Crippen molar-refractivity contribution in [3.63, 3.8) is 0 Å². The van der Waals surface area contributed by atoms with E-state index in [4.69, 9.17) is 9.47 Å². The van der Waals surface area contributed by atoms with E-state index in [9.17, 15) is 10.2 Å². The zero-order valence-corrected chi connectivity index (χ0v) is 21.8. The van der Waals surface area contributed by atoms with Gasteiger partial charge in [0, 0.05) is 23.2 Å². The van der Waals surface area contributed by atoms with E-state index < -0.39 is 0 Å². The van der Waals surface area contributed by atoms with Crippen LogP contribution in [0.4, 0.5) is 0 Å². The van der Waals surface area contributed by atoms with Crippen LogP contribution in [0.1, 0.15) is 49.5 Å². The normalized spacial score (nSPS) is 18.9. The second kappa shape index (κ2) is 10.9. The highest BCUT2D eigenvalue weighted by Gasteiger charge is 2.30. The number of allylic oxidation sites excluding steroid dienone is 1. The maximum Gasteiger partial charge on any atom is 0.150 e. The van der Waals surface area contributed by atoms with Crippen molar-refractivity contribution in [2.24, 2.45) is 0 Å². The van der Waals surface area contributed by atoms with Crippen molar-refractivity contribution in [3.05, 3.63) is 83.4 Å². The van der Waals surface area contributed by atoms with Gasteiger partial charge < -0.3 is 25.0 Å². The molecule has 1 unspecified atom stereocenters. The molecule has 1 fully saturated rings. The Morgan fingerprint density at radius 3 is 2.46 bits per heavy atom. The number of hydrogen-bond acceptors (Lipinski definition) is 6. The lowest BCUT2D eigenvalue weighted by Gasteiger charge is -2.35. The standard InChI is InChI=1S/C31H36N2O4/c1-20(33(3)24-13-15-32-16-14-24)19-36-27-10-7-22(8-11-27)31-30(23-5-4-6-25(34)17-23)21(2)28-18-26(35)9-12-29(28)37-31/h4-12,17-18,20,24,31-32,34-35H,13-16,19H2,1-3H3/t20-,31?/m0/s1. The molecule has 0 radical (unpaired) electrons. The van der Waals surface area contributed by atoms with Crippen molar-refractivity contribution in [3.8, 4) is 23.0 Å². The van der Waals surface area contributed by atoms with Gasteiger partial charge in [-0.2, -0.15) is 0 Å². The first kappa shape index (κ1) is 25.2. The fourth-order valence-electron chi connectivity index (χ4n) is 5.36. The van der Waals surface area contributed by atoms with E-state index in [-0.39, 0.29) is 17.6 Å². The molecule has 3 N–H and O–H groups in total. The lowest BCUT2D eigenvalue weighted by molar-refractivity contribution is 0.112. The molecule has 6 nitrogen and oxygen atoms in total. The number of ether oxygens (including phenoxy) is 2. The van der Waals surface area contributed by atoms with E-state index in [1.165, 1.54) is 12.8 Å². The van der Waals surface area contributed by atoms with Gasteiger partial charge in [0.25, 0.3) is 0 Å². The lowest BCUT2D eigenvalue weighted by Crippen LogP contribution is -2.46. The fourth-order valence-corrected chi connectivity index (χ4v) is 5.36. The third-order valence-corrected chi connectivity index (χ3v) is 7.69. The van der Waals surface area contributed by atoms with E-state index in [2.05, 4.69) is 24.2 Å². The molecule has 2 heterocycles. The average molecular weight is 501 g/mol. The molecule has 0 aromatic heterocycles. The Labute approximate surface area is 219 Å². The highest BCUT2D eigenvalue weighted by atomic mass is 16.5. The Hall–Kier alpha value is -3.48. The summed E-state index contributed by atoms with van der Waals surface area (Å²) < 4.78 is 12.7. The first-order valence-electron chi connectivity index (χ1n) is 13.1. The Morgan fingerprint density at radius 1 is 1.00 bits per heavy atom. The number of fused-ring (bicyclic) bond motifs is 1. The molecule has 0 amide bonds. The number of rotatable bonds is 7. The second-order valence-corrected chi connectivity index (χ2v) is 10.1. The molecular weight excluding hydrogens is 464 g/mol. The van der Waals surface area contributed by atoms with E-state index in [1.807, 2.05) is 43.3 Å². The molecule has 5 rings (SSSR count). The predicted molar refractivity (Wildman–Crippen MR) is 147 cm³/mol. The summed E-state index contributed by atoms with van der Waals surface area (Å²) in [5, 5.41) is 23.7. The summed E-state index contributed by atoms with van der Waals surface area (Å²) >= 11 is 0. The van der Waals surface area contributed by atoms with E-state index in [0.717, 1.165) is 52.4 Å². The van der Waals surface area contributed by atoms with Gasteiger partial charge in [-0.15, -0.1) is 0 Å². The number of phenolic OH excluding ortho intramolecular Hbond substituents is 2. The van der Waals surface area contributed by atoms with E-state index in [1.54, 1.807) is 30.3 Å². The summed E-state index contributed by atoms with van der Waals surface area (Å²) in [4.78, 5) is 2.44. The van der Waals surface area contributed by atoms with Crippen molar-refractivity contribution in [1.82, 2.24) is 10.2 Å². The van der Waals surface area contributed by atoms with Gasteiger partial charge in [0.2, 0.25) is 0 Å². The third-order valence-electron chi connectivity index (χ3n) is 7.69. The van der Waals surface area contributed by atoms with Crippen LogP contribution in [0.5, 0.6) is 23.0 Å². The molecule has 2 atom stereocenters. The highest BCUT2D eigenvalue weighted by molar-refractivity contribution is 5.95. The molecule has 0 aliphatic carbocycles. The first-order valence-corrected chi connectivity index (χ1v) is 13.1. The molecule has 2 aliphatic rings. The van der Waals surface area contributed by atoms with Gasteiger partial charge in [0.05, 0.1) is 0 Å². The van der Waals surface area contributed by atoms with Crippen LogP contribution in [0, 0.1) is 0 Å². The smallest absolute Gasteiger partial charge is 0.150 e. The Bertz CT molecular complexity index is 1260. The lowest BCUT2D eigenvalue weighted by atomic mass is 9.86. The number of phenols is 2. The van der Waals surface area contributed by atoms with Gasteiger partial charge in [-0.3, -0.25) is 4.90 Å². The van der Waals surface area contributed by atoms with Gasteiger partial charge >= 0.3 is 0 Å². The average Bonchev–Trinajstić information content (AvgIpc) is 2.92. The number of aromatic hydroxyl groups is 2. The molecule has 2 aliphatic heterocycles. The largest absolute Gasteiger partial charge is 0.508 e. The van der Waals surface area contributed by atoms with Crippen LogP contribution in [-0.4, -0.2) is 53.9 Å². The highest BCUT2D eigenvalue weighted by Crippen LogP contribution is 2.47. The fraction of sp³-hybridized carbons (Fsp3) is 0.355. The second-order valence-electron chi connectivity index (χ2n) is 10.1. The first-order chi connectivity index (χ1) is 17.9. The van der Waals surface area contributed by atoms with Crippen molar-refractivity contribution in [2.45, 2.75) is 44.9 Å². The Kier molecular flexibility index (Phi) is 7.40. The predicted octanol–water partition coefficient (Wildman–Crippen LogP) is 5.61. The zero-order chi connectivity index (χ0) is 25.9. The summed E-state index contributed by atoms with van der Waals surface area (Å²) in [5.74, 6) is 1.94. The summed E-state index contributed by atoms with van der Waals surface area (Å²) in [6.07, 6.45) is 1.99. The maximum absolute atomic E-state index is 10.2. The van der Waals surface area contributed by atoms with Crippen molar-refractivity contribution in [1.29, 1.82) is 0 Å². The minimum atomic E-state index is -0.363. The van der Waals surface area contributed by atoms with Gasteiger partial charge in [-0.05, 0) is 106 Å². The van der Waals surface area contributed by atoms with Crippen molar-refractivity contribution >= 4 is 11.1 Å². The number of benzene rings is 3. The molecule has 0 bridgehead atoms. The number of hydrogen-bond donors (Lipinski definition) is 3. The molecule has 3 aromatic carbocycles. The van der Waals surface area contributed by atoms with Crippen LogP contribution in [0.25, 0.3) is 11.1 Å². The van der Waals surface area contributed by atoms with Crippen LogP contribution >= 0.6 is 0 Å². The Morgan fingerprint density at radius 2 is 1.73 bits per heavy atom. The van der Waals surface area contributed by atoms with Crippen LogP contribution < -0.4 is 14.8 Å². The monoisotopic (exact) mass is 500 g/mol. The van der Waals surface area contributed by atoms with Gasteiger partial charge in [0.15, 0.2) is 0 Å². The van der Waals surface area contributed by atoms with Crippen LogP contribution in [-0.2, 0) is 0 Å². The van der Waals surface area contributed by atoms with Gasteiger partial charge in [-0.25, -0.2) is 0 Å². The topological polar surface area (TPSA) is 74.2 Å². The summed E-state index contributed by atoms with van der Waals surface area (Å²) in [7, 11) is 2.20. The van der Waals surface area contributed by atoms with Gasteiger partial charge in [0.1, 0.15) is 35.7 Å². The summed E-state index contributed by atoms with van der Waals surface area (Å²) in [6, 6.07) is 21.4. The van der Waals surface area contributed by atoms with Gasteiger partial charge in [-0.1, -0.05) is 24.3 Å². The molecule has 0 saturated carbocycles. The van der Waals surface area contributed by atoms with E-state index >= 15 is 0 Å². The summed E-state index contributed by atoms with van der Waals surface area (Å²) in [5.41, 5.74) is 4.68. The molecule has 37 heavy (non-hydrogen) atoms. The maximum atomic E-state index is 10.2. The van der Waals surface area contributed by atoms with E-state index in [0.29, 0.717) is 18.7 Å². The number of piperidine rings is 1. The zero-order valence-electron chi connectivity index (χ0n) is 21.8. The quantitative estimate of drug-likeness (QED) is 0.391. The summed E-state index contributed by atoms with van der Waals surface area (Å²) in [6.45, 7) is 7.04. The van der Waals surface area contributed by atoms with Crippen LogP contribution in [0.15, 0.2) is 66.7 Å². The molecule has 6 heteroatoms. The Balaban J connectivity index is 1.36. The minimum absolute atomic E-state index is 0.192. The minimum Gasteiger partial charge on any atom is -0.508 e. The van der Waals surface area contributed by atoms with Crippen LogP contribution in [0.3, 0.4) is 0 Å². The van der Waals surface area contributed by atoms with Crippen molar-refractivity contribution < 1.29 is 19.7 Å². The molecule has 0 spiro atoms. The molecule has 3 aromatic rings. The number of likely N-dealkylation sites (N-methyl/N-ethyl adjacent to an activating group) is 1. The molecule has 194 valence electrons. The molecular formula is C31H36N2O4.